The lowest BCUT2D eigenvalue weighted by atomic mass is 10.2. The van der Waals surface area contributed by atoms with E-state index in [0.717, 1.165) is 30.1 Å². The van der Waals surface area contributed by atoms with Crippen LogP contribution in [0.4, 0.5) is 10.5 Å². The maximum absolute atomic E-state index is 12.5. The first-order valence-corrected chi connectivity index (χ1v) is 11.2. The van der Waals surface area contributed by atoms with Gasteiger partial charge >= 0.3 is 6.03 Å². The SMILES string of the molecule is CSc1ccccc1NC(=O)N1CCN([C@H]2CCS(=O)(=O)C2)CC1. The molecule has 0 bridgehead atoms. The molecule has 6 nitrogen and oxygen atoms in total. The molecule has 2 saturated heterocycles. The Morgan fingerprint density at radius 3 is 2.54 bits per heavy atom. The summed E-state index contributed by atoms with van der Waals surface area (Å²) in [6.45, 7) is 2.73. The highest BCUT2D eigenvalue weighted by Gasteiger charge is 2.34. The minimum Gasteiger partial charge on any atom is -0.322 e. The van der Waals surface area contributed by atoms with Gasteiger partial charge in [0.1, 0.15) is 0 Å². The van der Waals surface area contributed by atoms with Crippen molar-refractivity contribution in [1.82, 2.24) is 9.80 Å². The van der Waals surface area contributed by atoms with Crippen LogP contribution in [0.15, 0.2) is 29.2 Å². The topological polar surface area (TPSA) is 69.7 Å². The summed E-state index contributed by atoms with van der Waals surface area (Å²) in [4.78, 5) is 17.5. The number of nitrogens with one attached hydrogen (secondary N) is 1. The number of rotatable bonds is 3. The van der Waals surface area contributed by atoms with Crippen molar-refractivity contribution in [1.29, 1.82) is 0 Å². The van der Waals surface area contributed by atoms with Crippen molar-refractivity contribution in [3.8, 4) is 0 Å². The summed E-state index contributed by atoms with van der Waals surface area (Å²) in [7, 11) is -2.86. The second-order valence-electron chi connectivity index (χ2n) is 6.21. The lowest BCUT2D eigenvalue weighted by Crippen LogP contribution is -2.53. The van der Waals surface area contributed by atoms with Crippen LogP contribution in [-0.2, 0) is 9.84 Å². The van der Waals surface area contributed by atoms with Crippen LogP contribution in [0, 0.1) is 0 Å². The van der Waals surface area contributed by atoms with Gasteiger partial charge in [-0.25, -0.2) is 13.2 Å². The number of benzene rings is 1. The van der Waals surface area contributed by atoms with Crippen molar-refractivity contribution in [3.63, 3.8) is 0 Å². The number of sulfone groups is 1. The van der Waals surface area contributed by atoms with E-state index in [0.29, 0.717) is 18.8 Å². The van der Waals surface area contributed by atoms with Gasteiger partial charge in [0.25, 0.3) is 0 Å². The highest BCUT2D eigenvalue weighted by Crippen LogP contribution is 2.25. The summed E-state index contributed by atoms with van der Waals surface area (Å²) in [5, 5.41) is 2.98. The van der Waals surface area contributed by atoms with Crippen molar-refractivity contribution in [3.05, 3.63) is 24.3 Å². The van der Waals surface area contributed by atoms with E-state index in [1.807, 2.05) is 30.5 Å². The second kappa shape index (κ2) is 7.33. The van der Waals surface area contributed by atoms with E-state index in [1.54, 1.807) is 16.7 Å². The van der Waals surface area contributed by atoms with E-state index < -0.39 is 9.84 Å². The molecule has 2 amide bonds. The number of urea groups is 1. The molecule has 1 aromatic rings. The first kappa shape index (κ1) is 17.6. The van der Waals surface area contributed by atoms with Gasteiger partial charge in [0.2, 0.25) is 0 Å². The van der Waals surface area contributed by atoms with Crippen LogP contribution in [0.5, 0.6) is 0 Å². The van der Waals surface area contributed by atoms with Crippen LogP contribution >= 0.6 is 11.8 Å². The monoisotopic (exact) mass is 369 g/mol. The molecule has 2 fully saturated rings. The molecule has 0 unspecified atom stereocenters. The van der Waals surface area contributed by atoms with Gasteiger partial charge in [-0.3, -0.25) is 4.90 Å². The Morgan fingerprint density at radius 1 is 1.21 bits per heavy atom. The molecule has 0 aromatic heterocycles. The Hall–Kier alpha value is -1.25. The van der Waals surface area contributed by atoms with Crippen LogP contribution in [0.2, 0.25) is 0 Å². The number of carbonyl (C=O) groups excluding carboxylic acids is 1. The van der Waals surface area contributed by atoms with Gasteiger partial charge in [-0.2, -0.15) is 0 Å². The maximum Gasteiger partial charge on any atom is 0.321 e. The zero-order chi connectivity index (χ0) is 17.2. The van der Waals surface area contributed by atoms with Crippen LogP contribution in [0.25, 0.3) is 0 Å². The lowest BCUT2D eigenvalue weighted by Gasteiger charge is -2.37. The zero-order valence-electron chi connectivity index (χ0n) is 13.8. The molecule has 8 heteroatoms. The number of anilines is 1. The summed E-state index contributed by atoms with van der Waals surface area (Å²) in [5.74, 6) is 0.560. The van der Waals surface area contributed by atoms with Gasteiger partial charge in [0.05, 0.1) is 17.2 Å². The Labute approximate surface area is 147 Å². The first-order valence-electron chi connectivity index (χ1n) is 8.12. The number of piperazine rings is 1. The van der Waals surface area contributed by atoms with Gasteiger partial charge < -0.3 is 10.2 Å². The van der Waals surface area contributed by atoms with E-state index >= 15 is 0 Å². The summed E-state index contributed by atoms with van der Waals surface area (Å²) in [6, 6.07) is 7.79. The molecule has 1 atom stereocenters. The van der Waals surface area contributed by atoms with Gasteiger partial charge in [-0.1, -0.05) is 12.1 Å². The predicted octanol–water partition coefficient (Wildman–Crippen LogP) is 1.75. The third-order valence-corrected chi connectivity index (χ3v) is 7.22. The van der Waals surface area contributed by atoms with E-state index in [9.17, 15) is 13.2 Å². The smallest absolute Gasteiger partial charge is 0.321 e. The van der Waals surface area contributed by atoms with Crippen LogP contribution in [0.3, 0.4) is 0 Å². The number of thioether (sulfide) groups is 1. The van der Waals surface area contributed by atoms with Gasteiger partial charge in [0.15, 0.2) is 9.84 Å². The standard InChI is InChI=1S/C16H23N3O3S2/c1-23-15-5-3-2-4-14(15)17-16(20)19-9-7-18(8-10-19)13-6-11-24(21,22)12-13/h2-5,13H,6-12H2,1H3,(H,17,20)/t13-/m0/s1. The molecule has 24 heavy (non-hydrogen) atoms. The number of carbonyl (C=O) groups is 1. The van der Waals surface area contributed by atoms with Crippen molar-refractivity contribution in [2.24, 2.45) is 0 Å². The zero-order valence-corrected chi connectivity index (χ0v) is 15.4. The third kappa shape index (κ3) is 4.04. The number of hydrogen-bond donors (Lipinski definition) is 1. The molecular formula is C16H23N3O3S2. The molecule has 2 aliphatic rings. The van der Waals surface area contributed by atoms with Gasteiger partial charge in [-0.05, 0) is 24.8 Å². The minimum atomic E-state index is -2.86. The molecule has 132 valence electrons. The molecule has 0 saturated carbocycles. The molecule has 0 spiro atoms. The lowest BCUT2D eigenvalue weighted by molar-refractivity contribution is 0.121. The molecule has 0 radical (unpaired) electrons. The van der Waals surface area contributed by atoms with E-state index in [1.165, 1.54) is 0 Å². The quantitative estimate of drug-likeness (QED) is 0.822. The maximum atomic E-state index is 12.5. The van der Waals surface area contributed by atoms with Crippen molar-refractivity contribution in [2.45, 2.75) is 17.4 Å². The molecule has 3 rings (SSSR count). The number of para-hydroxylation sites is 1. The van der Waals surface area contributed by atoms with E-state index in [2.05, 4.69) is 10.2 Å². The second-order valence-corrected chi connectivity index (χ2v) is 9.29. The first-order chi connectivity index (χ1) is 11.5. The van der Waals surface area contributed by atoms with E-state index in [-0.39, 0.29) is 17.8 Å². The number of hydrogen-bond acceptors (Lipinski definition) is 5. The summed E-state index contributed by atoms with van der Waals surface area (Å²) >= 11 is 1.60. The normalized spacial score (nSPS) is 24.0. The van der Waals surface area contributed by atoms with Crippen LogP contribution in [0.1, 0.15) is 6.42 Å². The average Bonchev–Trinajstić information content (AvgIpc) is 2.95. The third-order valence-electron chi connectivity index (χ3n) is 4.67. The highest BCUT2D eigenvalue weighted by atomic mass is 32.2. The molecule has 1 aromatic carbocycles. The fourth-order valence-corrected chi connectivity index (χ4v) is 5.61. The largest absolute Gasteiger partial charge is 0.322 e. The molecule has 2 heterocycles. The highest BCUT2D eigenvalue weighted by molar-refractivity contribution is 7.98. The molecule has 2 aliphatic heterocycles. The fourth-order valence-electron chi connectivity index (χ4n) is 3.30. The molecule has 1 N–H and O–H groups in total. The van der Waals surface area contributed by atoms with Gasteiger partial charge in [0, 0.05) is 37.1 Å². The Morgan fingerprint density at radius 2 is 1.92 bits per heavy atom. The average molecular weight is 370 g/mol. The molecular weight excluding hydrogens is 346 g/mol. The van der Waals surface area contributed by atoms with Crippen LogP contribution in [-0.4, -0.2) is 74.2 Å². The minimum absolute atomic E-state index is 0.0878. The Balaban J connectivity index is 1.54. The van der Waals surface area contributed by atoms with Gasteiger partial charge in [-0.15, -0.1) is 11.8 Å². The van der Waals surface area contributed by atoms with Crippen LogP contribution < -0.4 is 5.32 Å². The fraction of sp³-hybridized carbons (Fsp3) is 0.562. The summed E-state index contributed by atoms with van der Waals surface area (Å²) < 4.78 is 23.2. The van der Waals surface area contributed by atoms with Crippen molar-refractivity contribution in [2.75, 3.05) is 49.3 Å². The Kier molecular flexibility index (Phi) is 5.36. The number of amides is 2. The number of nitrogens with zero attached hydrogens (tertiary/aromatic N) is 2. The summed E-state index contributed by atoms with van der Waals surface area (Å²) in [5.41, 5.74) is 0.833. The van der Waals surface area contributed by atoms with Crippen molar-refractivity contribution < 1.29 is 13.2 Å². The Bertz CT molecular complexity index is 700. The predicted molar refractivity (Wildman–Crippen MR) is 97.4 cm³/mol. The van der Waals surface area contributed by atoms with Crippen molar-refractivity contribution >= 4 is 33.3 Å². The van der Waals surface area contributed by atoms with E-state index in [4.69, 9.17) is 0 Å². The molecule has 0 aliphatic carbocycles. The summed E-state index contributed by atoms with van der Waals surface area (Å²) in [6.07, 6.45) is 2.70.